The van der Waals surface area contributed by atoms with Gasteiger partial charge in [0.25, 0.3) is 0 Å². The molecule has 1 aromatic rings. The number of rotatable bonds is 9. The van der Waals surface area contributed by atoms with Gasteiger partial charge in [-0.2, -0.15) is 0 Å². The molecule has 1 aromatic carbocycles. The summed E-state index contributed by atoms with van der Waals surface area (Å²) >= 11 is 0. The number of hydrogen-bond donors (Lipinski definition) is 2. The van der Waals surface area contributed by atoms with Crippen molar-refractivity contribution in [3.05, 3.63) is 29.6 Å². The maximum absolute atomic E-state index is 13.8. The van der Waals surface area contributed by atoms with Crippen LogP contribution in [0.5, 0.6) is 5.75 Å². The van der Waals surface area contributed by atoms with E-state index in [-0.39, 0.29) is 11.6 Å². The first kappa shape index (κ1) is 19.5. The van der Waals surface area contributed by atoms with Gasteiger partial charge in [0.1, 0.15) is 0 Å². The van der Waals surface area contributed by atoms with Crippen LogP contribution in [0, 0.1) is 11.2 Å². The molecule has 6 heteroatoms. The lowest BCUT2D eigenvalue weighted by atomic mass is 9.67. The summed E-state index contributed by atoms with van der Waals surface area (Å²) in [5.41, 5.74) is 1.13. The molecule has 0 spiro atoms. The molecule has 25 heavy (non-hydrogen) atoms. The summed E-state index contributed by atoms with van der Waals surface area (Å²) in [5.74, 6) is 0.659. The topological polar surface area (TPSA) is 54.9 Å². The summed E-state index contributed by atoms with van der Waals surface area (Å²) in [6.45, 7) is 4.92. The van der Waals surface area contributed by atoms with E-state index in [0.29, 0.717) is 12.0 Å². The van der Waals surface area contributed by atoms with Gasteiger partial charge in [-0.15, -0.1) is 0 Å². The minimum atomic E-state index is -0.360. The minimum absolute atomic E-state index is 0.253. The SMILES string of the molecule is CCNC(=NCc1ccc(OC)c(F)c1)NCC1(CCOC)CCC1. The second-order valence-electron chi connectivity index (χ2n) is 6.61. The van der Waals surface area contributed by atoms with Crippen molar-refractivity contribution in [1.29, 1.82) is 0 Å². The van der Waals surface area contributed by atoms with Crippen LogP contribution in [0.2, 0.25) is 0 Å². The summed E-state index contributed by atoms with van der Waals surface area (Å²) < 4.78 is 24.0. The number of halogens is 1. The standard InChI is InChI=1S/C19H30FN3O2/c1-4-21-18(23-14-19(8-5-9-19)10-11-24-2)22-13-15-6-7-17(25-3)16(20)12-15/h6-7,12H,4-5,8-11,13-14H2,1-3H3,(H2,21,22,23). The van der Waals surface area contributed by atoms with Crippen LogP contribution in [-0.2, 0) is 11.3 Å². The number of ether oxygens (including phenoxy) is 2. The Balaban J connectivity index is 1.94. The first-order valence-electron chi connectivity index (χ1n) is 8.96. The van der Waals surface area contributed by atoms with E-state index >= 15 is 0 Å². The van der Waals surface area contributed by atoms with Crippen molar-refractivity contribution in [2.75, 3.05) is 33.9 Å². The molecule has 0 unspecified atom stereocenters. The zero-order valence-electron chi connectivity index (χ0n) is 15.5. The van der Waals surface area contributed by atoms with Gasteiger partial charge in [0.15, 0.2) is 17.5 Å². The Labute approximate surface area is 150 Å². The fourth-order valence-electron chi connectivity index (χ4n) is 3.10. The average Bonchev–Trinajstić information content (AvgIpc) is 2.58. The number of aliphatic imine (C=N–C) groups is 1. The maximum Gasteiger partial charge on any atom is 0.191 e. The van der Waals surface area contributed by atoms with Crippen LogP contribution in [0.15, 0.2) is 23.2 Å². The van der Waals surface area contributed by atoms with E-state index in [4.69, 9.17) is 9.47 Å². The summed E-state index contributed by atoms with van der Waals surface area (Å²) in [4.78, 5) is 4.58. The fraction of sp³-hybridized carbons (Fsp3) is 0.632. The molecular weight excluding hydrogens is 321 g/mol. The third-order valence-electron chi connectivity index (χ3n) is 4.86. The van der Waals surface area contributed by atoms with E-state index in [9.17, 15) is 4.39 Å². The largest absolute Gasteiger partial charge is 0.494 e. The summed E-state index contributed by atoms with van der Waals surface area (Å²) in [6.07, 6.45) is 4.81. The number of nitrogens with one attached hydrogen (secondary N) is 2. The van der Waals surface area contributed by atoms with Gasteiger partial charge in [0, 0.05) is 26.8 Å². The first-order valence-corrected chi connectivity index (χ1v) is 8.96. The lowest BCUT2D eigenvalue weighted by Crippen LogP contribution is -2.46. The van der Waals surface area contributed by atoms with Crippen LogP contribution in [0.3, 0.4) is 0 Å². The van der Waals surface area contributed by atoms with Crippen molar-refractivity contribution in [2.45, 2.75) is 39.2 Å². The second kappa shape index (κ2) is 9.61. The molecule has 5 nitrogen and oxygen atoms in total. The molecule has 0 aliphatic heterocycles. The van der Waals surface area contributed by atoms with Gasteiger partial charge in [0.05, 0.1) is 13.7 Å². The Kier molecular flexibility index (Phi) is 7.50. The summed E-state index contributed by atoms with van der Waals surface area (Å²) in [5, 5.41) is 6.70. The molecule has 0 saturated heterocycles. The van der Waals surface area contributed by atoms with Crippen LogP contribution in [0.1, 0.15) is 38.2 Å². The van der Waals surface area contributed by atoms with Crippen LogP contribution in [-0.4, -0.2) is 39.9 Å². The lowest BCUT2D eigenvalue weighted by molar-refractivity contribution is 0.0732. The van der Waals surface area contributed by atoms with Crippen molar-refractivity contribution in [2.24, 2.45) is 10.4 Å². The van der Waals surface area contributed by atoms with Gasteiger partial charge in [-0.1, -0.05) is 12.5 Å². The molecule has 2 rings (SSSR count). The predicted molar refractivity (Wildman–Crippen MR) is 98.5 cm³/mol. The molecule has 1 fully saturated rings. The highest BCUT2D eigenvalue weighted by Gasteiger charge is 2.36. The van der Waals surface area contributed by atoms with Crippen LogP contribution in [0.4, 0.5) is 4.39 Å². The van der Waals surface area contributed by atoms with Gasteiger partial charge >= 0.3 is 0 Å². The van der Waals surface area contributed by atoms with Crippen molar-refractivity contribution >= 4 is 5.96 Å². The average molecular weight is 351 g/mol. The minimum Gasteiger partial charge on any atom is -0.494 e. The Bertz CT molecular complexity index is 574. The summed E-state index contributed by atoms with van der Waals surface area (Å²) in [7, 11) is 3.21. The normalized spacial score (nSPS) is 16.2. The lowest BCUT2D eigenvalue weighted by Gasteiger charge is -2.42. The highest BCUT2D eigenvalue weighted by Crippen LogP contribution is 2.43. The molecule has 0 bridgehead atoms. The molecule has 1 saturated carbocycles. The molecule has 0 radical (unpaired) electrons. The second-order valence-corrected chi connectivity index (χ2v) is 6.61. The van der Waals surface area contributed by atoms with Crippen LogP contribution >= 0.6 is 0 Å². The number of benzene rings is 1. The van der Waals surface area contributed by atoms with E-state index in [1.807, 2.05) is 13.0 Å². The van der Waals surface area contributed by atoms with Crippen LogP contribution < -0.4 is 15.4 Å². The van der Waals surface area contributed by atoms with Gasteiger partial charge in [-0.05, 0) is 49.3 Å². The van der Waals surface area contributed by atoms with Crippen molar-refractivity contribution in [3.8, 4) is 5.75 Å². The first-order chi connectivity index (χ1) is 12.1. The quantitative estimate of drug-likeness (QED) is 0.530. The third-order valence-corrected chi connectivity index (χ3v) is 4.86. The zero-order valence-corrected chi connectivity index (χ0v) is 15.5. The van der Waals surface area contributed by atoms with E-state index in [1.54, 1.807) is 13.2 Å². The molecule has 0 aromatic heterocycles. The van der Waals surface area contributed by atoms with Crippen molar-refractivity contribution < 1.29 is 13.9 Å². The number of hydrogen-bond acceptors (Lipinski definition) is 3. The van der Waals surface area contributed by atoms with E-state index in [1.165, 1.54) is 32.4 Å². The van der Waals surface area contributed by atoms with Gasteiger partial charge < -0.3 is 20.1 Å². The van der Waals surface area contributed by atoms with Crippen LogP contribution in [0.25, 0.3) is 0 Å². The maximum atomic E-state index is 13.8. The molecule has 140 valence electrons. The summed E-state index contributed by atoms with van der Waals surface area (Å²) in [6, 6.07) is 4.94. The Morgan fingerprint density at radius 2 is 2.08 bits per heavy atom. The third kappa shape index (κ3) is 5.59. The molecule has 1 aliphatic carbocycles. The van der Waals surface area contributed by atoms with E-state index in [2.05, 4.69) is 15.6 Å². The zero-order chi connectivity index (χ0) is 18.1. The molecular formula is C19H30FN3O2. The van der Waals surface area contributed by atoms with E-state index < -0.39 is 0 Å². The molecule has 0 amide bonds. The number of methoxy groups -OCH3 is 2. The fourth-order valence-corrected chi connectivity index (χ4v) is 3.10. The number of nitrogens with zero attached hydrogens (tertiary/aromatic N) is 1. The van der Waals surface area contributed by atoms with Gasteiger partial charge in [0.2, 0.25) is 0 Å². The highest BCUT2D eigenvalue weighted by molar-refractivity contribution is 5.79. The molecule has 2 N–H and O–H groups in total. The predicted octanol–water partition coefficient (Wildman–Crippen LogP) is 3.10. The van der Waals surface area contributed by atoms with Crippen molar-refractivity contribution in [1.82, 2.24) is 10.6 Å². The number of guanidine groups is 1. The van der Waals surface area contributed by atoms with Gasteiger partial charge in [-0.25, -0.2) is 9.38 Å². The van der Waals surface area contributed by atoms with Gasteiger partial charge in [-0.3, -0.25) is 0 Å². The van der Waals surface area contributed by atoms with Crippen molar-refractivity contribution in [3.63, 3.8) is 0 Å². The Morgan fingerprint density at radius 3 is 2.64 bits per heavy atom. The molecule has 0 heterocycles. The molecule has 0 atom stereocenters. The Hall–Kier alpha value is -1.82. The highest BCUT2D eigenvalue weighted by atomic mass is 19.1. The monoisotopic (exact) mass is 351 g/mol. The molecule has 1 aliphatic rings. The van der Waals surface area contributed by atoms with E-state index in [0.717, 1.165) is 37.6 Å². The smallest absolute Gasteiger partial charge is 0.191 e. The Morgan fingerprint density at radius 1 is 1.28 bits per heavy atom.